The lowest BCUT2D eigenvalue weighted by atomic mass is 10.1. The molecule has 0 saturated heterocycles. The van der Waals surface area contributed by atoms with Crippen LogP contribution in [0.15, 0.2) is 18.7 Å². The third-order valence-corrected chi connectivity index (χ3v) is 4.57. The summed E-state index contributed by atoms with van der Waals surface area (Å²) >= 11 is 0. The van der Waals surface area contributed by atoms with Crippen LogP contribution in [-0.2, 0) is 11.1 Å². The zero-order valence-electron chi connectivity index (χ0n) is 12.9. The van der Waals surface area contributed by atoms with E-state index in [-0.39, 0.29) is 6.16 Å². The fourth-order valence-electron chi connectivity index (χ4n) is 2.45. The molecule has 0 amide bonds. The molecule has 1 rings (SSSR count). The van der Waals surface area contributed by atoms with Crippen LogP contribution in [0.3, 0.4) is 0 Å². The summed E-state index contributed by atoms with van der Waals surface area (Å²) in [5, 5.41) is 0. The largest absolute Gasteiger partial charge is 0.337 e. The van der Waals surface area contributed by atoms with E-state index < -0.39 is 7.60 Å². The Morgan fingerprint density at radius 2 is 1.38 bits per heavy atom. The first-order valence-electron chi connectivity index (χ1n) is 8.08. The lowest BCUT2D eigenvalue weighted by Gasteiger charge is -2.04. The Kier molecular flexibility index (Phi) is 9.64. The molecule has 0 unspecified atom stereocenters. The van der Waals surface area contributed by atoms with E-state index in [1.54, 1.807) is 0 Å². The van der Waals surface area contributed by atoms with Crippen LogP contribution in [0.25, 0.3) is 0 Å². The first-order valence-corrected chi connectivity index (χ1v) is 9.88. The highest BCUT2D eigenvalue weighted by Gasteiger charge is 2.10. The summed E-state index contributed by atoms with van der Waals surface area (Å²) in [4.78, 5) is 21.5. The van der Waals surface area contributed by atoms with Gasteiger partial charge in [-0.1, -0.05) is 51.4 Å². The second-order valence-corrected chi connectivity index (χ2v) is 7.50. The van der Waals surface area contributed by atoms with Gasteiger partial charge in [-0.25, -0.2) is 4.98 Å². The molecule has 0 fully saturated rings. The molecule has 1 heterocycles. The highest BCUT2D eigenvalue weighted by atomic mass is 31.2. The average Bonchev–Trinajstić information content (AvgIpc) is 2.92. The van der Waals surface area contributed by atoms with E-state index in [0.717, 1.165) is 19.4 Å². The molecule has 6 heteroatoms. The fraction of sp³-hybridized carbons (Fsp3) is 0.800. The lowest BCUT2D eigenvalue weighted by Crippen LogP contribution is -1.94. The second-order valence-electron chi connectivity index (χ2n) is 5.72. The lowest BCUT2D eigenvalue weighted by molar-refractivity contribution is 0.370. The molecule has 0 aromatic carbocycles. The molecule has 122 valence electrons. The quantitative estimate of drug-likeness (QED) is 0.426. The first-order chi connectivity index (χ1) is 10.1. The van der Waals surface area contributed by atoms with E-state index in [1.807, 2.05) is 18.7 Å². The maximum absolute atomic E-state index is 10.7. The topological polar surface area (TPSA) is 75.3 Å². The van der Waals surface area contributed by atoms with Crippen molar-refractivity contribution in [3.05, 3.63) is 18.7 Å². The van der Waals surface area contributed by atoms with E-state index in [9.17, 15) is 4.57 Å². The molecule has 21 heavy (non-hydrogen) atoms. The van der Waals surface area contributed by atoms with Crippen LogP contribution in [0.4, 0.5) is 0 Å². The van der Waals surface area contributed by atoms with Crippen molar-refractivity contribution in [2.75, 3.05) is 6.16 Å². The first kappa shape index (κ1) is 18.4. The van der Waals surface area contributed by atoms with Gasteiger partial charge in [0, 0.05) is 25.1 Å². The normalized spacial score (nSPS) is 11.9. The van der Waals surface area contributed by atoms with Gasteiger partial charge in [0.2, 0.25) is 0 Å². The maximum atomic E-state index is 10.7. The fourth-order valence-corrected chi connectivity index (χ4v) is 3.08. The van der Waals surface area contributed by atoms with Gasteiger partial charge in [-0.05, 0) is 12.8 Å². The van der Waals surface area contributed by atoms with Crippen LogP contribution in [0.2, 0.25) is 0 Å². The summed E-state index contributed by atoms with van der Waals surface area (Å²) in [6, 6.07) is 0. The number of hydrogen-bond acceptors (Lipinski definition) is 2. The van der Waals surface area contributed by atoms with Gasteiger partial charge in [0.05, 0.1) is 6.33 Å². The number of hydrogen-bond donors (Lipinski definition) is 2. The van der Waals surface area contributed by atoms with Gasteiger partial charge in [0.15, 0.2) is 0 Å². The maximum Gasteiger partial charge on any atom is 0.325 e. The van der Waals surface area contributed by atoms with Crippen molar-refractivity contribution in [3.8, 4) is 0 Å². The van der Waals surface area contributed by atoms with Crippen LogP contribution in [0.1, 0.15) is 64.2 Å². The Labute approximate surface area is 128 Å². The third-order valence-electron chi connectivity index (χ3n) is 3.67. The van der Waals surface area contributed by atoms with Crippen LogP contribution in [-0.4, -0.2) is 25.5 Å². The van der Waals surface area contributed by atoms with Crippen LogP contribution in [0.5, 0.6) is 0 Å². The molecule has 0 aliphatic heterocycles. The molecular formula is C15H29N2O3P. The summed E-state index contributed by atoms with van der Waals surface area (Å²) in [5.41, 5.74) is 0. The molecule has 0 aliphatic rings. The molecule has 1 aromatic heterocycles. The van der Waals surface area contributed by atoms with E-state index in [2.05, 4.69) is 9.55 Å². The number of imidazole rings is 1. The predicted molar refractivity (Wildman–Crippen MR) is 85.3 cm³/mol. The molecule has 5 nitrogen and oxygen atoms in total. The number of aromatic nitrogens is 2. The molecular weight excluding hydrogens is 287 g/mol. The Morgan fingerprint density at radius 3 is 1.86 bits per heavy atom. The van der Waals surface area contributed by atoms with E-state index in [1.165, 1.54) is 44.9 Å². The number of nitrogens with zero attached hydrogens (tertiary/aromatic N) is 2. The number of unbranched alkanes of at least 4 members (excludes halogenated alkanes) is 9. The van der Waals surface area contributed by atoms with Gasteiger partial charge in [-0.3, -0.25) is 4.57 Å². The molecule has 0 radical (unpaired) electrons. The summed E-state index contributed by atoms with van der Waals surface area (Å²) in [7, 11) is -3.77. The second kappa shape index (κ2) is 11.0. The molecule has 0 atom stereocenters. The van der Waals surface area contributed by atoms with Crippen LogP contribution < -0.4 is 0 Å². The highest BCUT2D eigenvalue weighted by molar-refractivity contribution is 7.51. The monoisotopic (exact) mass is 316 g/mol. The van der Waals surface area contributed by atoms with Gasteiger partial charge in [-0.15, -0.1) is 0 Å². The smallest absolute Gasteiger partial charge is 0.325 e. The highest BCUT2D eigenvalue weighted by Crippen LogP contribution is 2.35. The van der Waals surface area contributed by atoms with Crippen LogP contribution in [0, 0.1) is 0 Å². The van der Waals surface area contributed by atoms with Crippen molar-refractivity contribution in [1.82, 2.24) is 9.55 Å². The number of rotatable bonds is 13. The molecule has 0 saturated carbocycles. The van der Waals surface area contributed by atoms with Gasteiger partial charge >= 0.3 is 7.60 Å². The predicted octanol–water partition coefficient (Wildman–Crippen LogP) is 3.96. The molecule has 2 N–H and O–H groups in total. The SMILES string of the molecule is O=P(O)(O)CCCCCCCCCCCCn1ccnc1. The minimum absolute atomic E-state index is 0.0456. The Hall–Kier alpha value is -0.640. The van der Waals surface area contributed by atoms with Crippen molar-refractivity contribution >= 4 is 7.60 Å². The molecule has 0 bridgehead atoms. The van der Waals surface area contributed by atoms with E-state index in [0.29, 0.717) is 6.42 Å². The summed E-state index contributed by atoms with van der Waals surface area (Å²) in [5.74, 6) is 0. The van der Waals surface area contributed by atoms with Gasteiger partial charge in [0.1, 0.15) is 0 Å². The van der Waals surface area contributed by atoms with Crippen molar-refractivity contribution in [2.24, 2.45) is 0 Å². The van der Waals surface area contributed by atoms with Crippen molar-refractivity contribution in [2.45, 2.75) is 70.8 Å². The summed E-state index contributed by atoms with van der Waals surface area (Å²) in [6.07, 6.45) is 17.2. The van der Waals surface area contributed by atoms with Crippen LogP contribution >= 0.6 is 7.60 Å². The summed E-state index contributed by atoms with van der Waals surface area (Å²) in [6.45, 7) is 1.07. The van der Waals surface area contributed by atoms with E-state index in [4.69, 9.17) is 9.79 Å². The van der Waals surface area contributed by atoms with Gasteiger partial charge in [0.25, 0.3) is 0 Å². The number of aryl methyl sites for hydroxylation is 1. The zero-order chi connectivity index (χ0) is 15.4. The Morgan fingerprint density at radius 1 is 0.857 bits per heavy atom. The standard InChI is InChI=1S/C15H29N2O3P/c18-21(19,20)14-10-8-6-4-2-1-3-5-7-9-12-17-13-11-16-15-17/h11,13,15H,1-10,12,14H2,(H2,18,19,20). The minimum Gasteiger partial charge on any atom is -0.337 e. The average molecular weight is 316 g/mol. The molecule has 0 aliphatic carbocycles. The summed E-state index contributed by atoms with van der Waals surface area (Å²) < 4.78 is 12.8. The van der Waals surface area contributed by atoms with Crippen molar-refractivity contribution < 1.29 is 14.4 Å². The van der Waals surface area contributed by atoms with Gasteiger partial charge in [-0.2, -0.15) is 0 Å². The van der Waals surface area contributed by atoms with Crippen molar-refractivity contribution in [1.29, 1.82) is 0 Å². The van der Waals surface area contributed by atoms with Gasteiger partial charge < -0.3 is 14.4 Å². The Balaban J connectivity index is 1.75. The third kappa shape index (κ3) is 11.7. The van der Waals surface area contributed by atoms with Crippen molar-refractivity contribution in [3.63, 3.8) is 0 Å². The zero-order valence-corrected chi connectivity index (χ0v) is 13.8. The Bertz CT molecular complexity index is 390. The molecule has 1 aromatic rings. The molecule has 0 spiro atoms. The van der Waals surface area contributed by atoms with E-state index >= 15 is 0 Å². The minimum atomic E-state index is -3.77.